The molecule has 0 atom stereocenters. The van der Waals surface area contributed by atoms with E-state index in [4.69, 9.17) is 12.2 Å². The molecule has 3 nitrogen and oxygen atoms in total. The Balaban J connectivity index is 4.23. The number of nitrogens with two attached hydrogens (primary N) is 1. The third-order valence-corrected chi connectivity index (χ3v) is 1.74. The zero-order chi connectivity index (χ0) is 11.2. The lowest BCUT2D eigenvalue weighted by atomic mass is 10.0. The lowest BCUT2D eigenvalue weighted by Gasteiger charge is -2.24. The second kappa shape index (κ2) is 5.66. The van der Waals surface area contributed by atoms with Crippen molar-refractivity contribution in [2.75, 3.05) is 13.1 Å². The maximum absolute atomic E-state index is 11.7. The van der Waals surface area contributed by atoms with E-state index in [0.717, 1.165) is 6.42 Å². The Bertz CT molecular complexity index is 222. The van der Waals surface area contributed by atoms with Crippen LogP contribution >= 0.6 is 0 Å². The summed E-state index contributed by atoms with van der Waals surface area (Å²) in [5.74, 6) is 2.52. The summed E-state index contributed by atoms with van der Waals surface area (Å²) in [5, 5.41) is 0. The van der Waals surface area contributed by atoms with Gasteiger partial charge in [-0.25, -0.2) is 0 Å². The van der Waals surface area contributed by atoms with Crippen molar-refractivity contribution >= 4 is 5.91 Å². The zero-order valence-corrected chi connectivity index (χ0v) is 9.34. The first-order valence-corrected chi connectivity index (χ1v) is 4.91. The Labute approximate surface area is 86.6 Å². The van der Waals surface area contributed by atoms with E-state index in [1.54, 1.807) is 4.90 Å². The molecule has 1 amide bonds. The molecule has 14 heavy (non-hydrogen) atoms. The Kier molecular flexibility index (Phi) is 5.26. The highest BCUT2D eigenvalue weighted by Crippen LogP contribution is 2.07. The van der Waals surface area contributed by atoms with Gasteiger partial charge in [-0.2, -0.15) is 0 Å². The van der Waals surface area contributed by atoms with Crippen LogP contribution in [0.2, 0.25) is 0 Å². The van der Waals surface area contributed by atoms with Gasteiger partial charge in [0.05, 0.1) is 6.54 Å². The van der Waals surface area contributed by atoms with Crippen LogP contribution in [0.3, 0.4) is 0 Å². The molecular weight excluding hydrogens is 176 g/mol. The van der Waals surface area contributed by atoms with E-state index in [1.807, 2.05) is 20.8 Å². The van der Waals surface area contributed by atoms with Crippen LogP contribution in [0.25, 0.3) is 0 Å². The SMILES string of the molecule is C#CCN(CCC)C(=O)CC(C)(C)N. The zero-order valence-electron chi connectivity index (χ0n) is 9.34. The highest BCUT2D eigenvalue weighted by molar-refractivity contribution is 5.77. The van der Waals surface area contributed by atoms with E-state index in [0.29, 0.717) is 19.5 Å². The Morgan fingerprint density at radius 3 is 2.50 bits per heavy atom. The number of hydrogen-bond donors (Lipinski definition) is 1. The van der Waals surface area contributed by atoms with Gasteiger partial charge in [-0.1, -0.05) is 12.8 Å². The van der Waals surface area contributed by atoms with E-state index in [1.165, 1.54) is 0 Å². The van der Waals surface area contributed by atoms with Gasteiger partial charge < -0.3 is 10.6 Å². The summed E-state index contributed by atoms with van der Waals surface area (Å²) >= 11 is 0. The summed E-state index contributed by atoms with van der Waals surface area (Å²) in [6.45, 7) is 6.78. The van der Waals surface area contributed by atoms with Crippen molar-refractivity contribution in [1.82, 2.24) is 4.90 Å². The van der Waals surface area contributed by atoms with Crippen LogP contribution < -0.4 is 5.73 Å². The van der Waals surface area contributed by atoms with Gasteiger partial charge in [0.15, 0.2) is 0 Å². The highest BCUT2D eigenvalue weighted by Gasteiger charge is 2.20. The number of nitrogens with zero attached hydrogens (tertiary/aromatic N) is 1. The lowest BCUT2D eigenvalue weighted by Crippen LogP contribution is -2.41. The average molecular weight is 196 g/mol. The summed E-state index contributed by atoms with van der Waals surface area (Å²) in [4.78, 5) is 13.4. The summed E-state index contributed by atoms with van der Waals surface area (Å²) < 4.78 is 0. The van der Waals surface area contributed by atoms with Gasteiger partial charge in [-0.3, -0.25) is 4.79 Å². The molecule has 0 spiro atoms. The maximum atomic E-state index is 11.7. The minimum atomic E-state index is -0.461. The van der Waals surface area contributed by atoms with Crippen LogP contribution in [0, 0.1) is 12.3 Å². The minimum absolute atomic E-state index is 0.0392. The van der Waals surface area contributed by atoms with Crippen molar-refractivity contribution in [3.63, 3.8) is 0 Å². The van der Waals surface area contributed by atoms with Gasteiger partial charge in [-0.15, -0.1) is 6.42 Å². The van der Waals surface area contributed by atoms with Gasteiger partial charge in [0.25, 0.3) is 0 Å². The minimum Gasteiger partial charge on any atom is -0.332 e. The van der Waals surface area contributed by atoms with Crippen molar-refractivity contribution in [3.05, 3.63) is 0 Å². The third kappa shape index (κ3) is 5.60. The van der Waals surface area contributed by atoms with Crippen molar-refractivity contribution in [1.29, 1.82) is 0 Å². The molecule has 0 aliphatic carbocycles. The molecule has 0 saturated heterocycles. The number of hydrogen-bond acceptors (Lipinski definition) is 2. The van der Waals surface area contributed by atoms with Crippen molar-refractivity contribution in [2.45, 2.75) is 39.2 Å². The quantitative estimate of drug-likeness (QED) is 0.666. The Morgan fingerprint density at radius 1 is 1.57 bits per heavy atom. The molecule has 0 aromatic heterocycles. The molecule has 0 aromatic carbocycles. The monoisotopic (exact) mass is 196 g/mol. The van der Waals surface area contributed by atoms with Crippen molar-refractivity contribution in [3.8, 4) is 12.3 Å². The van der Waals surface area contributed by atoms with Crippen LogP contribution in [0.15, 0.2) is 0 Å². The van der Waals surface area contributed by atoms with E-state index < -0.39 is 5.54 Å². The fourth-order valence-corrected chi connectivity index (χ4v) is 1.17. The second-order valence-electron chi connectivity index (χ2n) is 4.18. The maximum Gasteiger partial charge on any atom is 0.225 e. The molecule has 0 aliphatic rings. The number of amides is 1. The Hall–Kier alpha value is -1.01. The first kappa shape index (κ1) is 13.0. The fourth-order valence-electron chi connectivity index (χ4n) is 1.17. The molecule has 2 N–H and O–H groups in total. The number of rotatable bonds is 5. The van der Waals surface area contributed by atoms with Gasteiger partial charge in [0.2, 0.25) is 5.91 Å². The molecule has 0 rings (SSSR count). The molecule has 0 saturated carbocycles. The molecule has 0 unspecified atom stereocenters. The molecule has 80 valence electrons. The summed E-state index contributed by atoms with van der Waals surface area (Å²) in [6.07, 6.45) is 6.44. The summed E-state index contributed by atoms with van der Waals surface area (Å²) in [7, 11) is 0. The van der Waals surface area contributed by atoms with E-state index in [2.05, 4.69) is 5.92 Å². The first-order chi connectivity index (χ1) is 6.40. The highest BCUT2D eigenvalue weighted by atomic mass is 16.2. The summed E-state index contributed by atoms with van der Waals surface area (Å²) in [6, 6.07) is 0. The predicted molar refractivity (Wildman–Crippen MR) is 58.6 cm³/mol. The third-order valence-electron chi connectivity index (χ3n) is 1.74. The van der Waals surface area contributed by atoms with Crippen LogP contribution in [0.4, 0.5) is 0 Å². The van der Waals surface area contributed by atoms with E-state index >= 15 is 0 Å². The number of carbonyl (C=O) groups excluding carboxylic acids is 1. The van der Waals surface area contributed by atoms with Crippen LogP contribution in [-0.4, -0.2) is 29.4 Å². The fraction of sp³-hybridized carbons (Fsp3) is 0.727. The lowest BCUT2D eigenvalue weighted by molar-refractivity contribution is -0.131. The molecule has 0 bridgehead atoms. The second-order valence-corrected chi connectivity index (χ2v) is 4.18. The number of carbonyl (C=O) groups is 1. The van der Waals surface area contributed by atoms with Crippen molar-refractivity contribution in [2.24, 2.45) is 5.73 Å². The van der Waals surface area contributed by atoms with Crippen LogP contribution in [0.5, 0.6) is 0 Å². The van der Waals surface area contributed by atoms with Gasteiger partial charge in [0, 0.05) is 18.5 Å². The molecule has 0 fully saturated rings. The first-order valence-electron chi connectivity index (χ1n) is 4.91. The van der Waals surface area contributed by atoms with Crippen LogP contribution in [0.1, 0.15) is 33.6 Å². The molecule has 0 aliphatic heterocycles. The largest absolute Gasteiger partial charge is 0.332 e. The average Bonchev–Trinajstić information content (AvgIpc) is 2.01. The molecule has 0 heterocycles. The predicted octanol–water partition coefficient (Wildman–Crippen LogP) is 0.986. The molecular formula is C11H20N2O. The smallest absolute Gasteiger partial charge is 0.225 e. The summed E-state index contributed by atoms with van der Waals surface area (Å²) in [5.41, 5.74) is 5.31. The standard InChI is InChI=1S/C11H20N2O/c1-5-7-13(8-6-2)10(14)9-11(3,4)12/h1H,6-9,12H2,2-4H3. The van der Waals surface area contributed by atoms with Crippen molar-refractivity contribution < 1.29 is 4.79 Å². The number of terminal acetylenes is 1. The van der Waals surface area contributed by atoms with Gasteiger partial charge in [-0.05, 0) is 20.3 Å². The normalized spacial score (nSPS) is 10.8. The van der Waals surface area contributed by atoms with E-state index in [-0.39, 0.29) is 5.91 Å². The van der Waals surface area contributed by atoms with Crippen LogP contribution in [-0.2, 0) is 4.79 Å². The topological polar surface area (TPSA) is 46.3 Å². The van der Waals surface area contributed by atoms with E-state index in [9.17, 15) is 4.79 Å². The van der Waals surface area contributed by atoms with Gasteiger partial charge in [0.1, 0.15) is 0 Å². The molecule has 0 aromatic rings. The molecule has 3 heteroatoms. The Morgan fingerprint density at radius 2 is 2.14 bits per heavy atom. The molecule has 0 radical (unpaired) electrons. The van der Waals surface area contributed by atoms with Gasteiger partial charge >= 0.3 is 0 Å².